The molecule has 0 radical (unpaired) electrons. The zero-order valence-electron chi connectivity index (χ0n) is 13.1. The van der Waals surface area contributed by atoms with Crippen LogP contribution in [0.4, 0.5) is 0 Å². The summed E-state index contributed by atoms with van der Waals surface area (Å²) in [6.07, 6.45) is 4.35. The number of hydrogen-bond acceptors (Lipinski definition) is 4. The lowest BCUT2D eigenvalue weighted by Crippen LogP contribution is -2.48. The van der Waals surface area contributed by atoms with Gasteiger partial charge in [-0.2, -0.15) is 0 Å². The summed E-state index contributed by atoms with van der Waals surface area (Å²) >= 11 is 0. The fourth-order valence-corrected chi connectivity index (χ4v) is 3.28. The first-order valence-electron chi connectivity index (χ1n) is 7.95. The summed E-state index contributed by atoms with van der Waals surface area (Å²) in [4.78, 5) is 18.9. The Hall–Kier alpha value is -0.650. The largest absolute Gasteiger partial charge is 0.342 e. The van der Waals surface area contributed by atoms with Crippen molar-refractivity contribution >= 4 is 5.91 Å². The molecule has 5 nitrogen and oxygen atoms in total. The van der Waals surface area contributed by atoms with Gasteiger partial charge in [-0.05, 0) is 45.7 Å². The fourth-order valence-electron chi connectivity index (χ4n) is 3.28. The standard InChI is InChI=1S/C15H30N4O/c1-17(2)11-13-3-9-19(10-4-13)15(20)12-18-7-5-14(16)6-8-18/h13-14H,3-12,16H2,1-2H3. The predicted octanol–water partition coefficient (Wildman–Crippen LogP) is 0.210. The van der Waals surface area contributed by atoms with Crippen LogP contribution in [0.3, 0.4) is 0 Å². The highest BCUT2D eigenvalue weighted by Crippen LogP contribution is 2.18. The number of nitrogens with zero attached hydrogens (tertiary/aromatic N) is 3. The van der Waals surface area contributed by atoms with Crippen molar-refractivity contribution in [3.63, 3.8) is 0 Å². The van der Waals surface area contributed by atoms with Crippen molar-refractivity contribution < 1.29 is 4.79 Å². The lowest BCUT2D eigenvalue weighted by Gasteiger charge is -2.35. The number of nitrogens with two attached hydrogens (primary N) is 1. The zero-order valence-corrected chi connectivity index (χ0v) is 13.1. The number of amides is 1. The number of rotatable bonds is 4. The first-order valence-corrected chi connectivity index (χ1v) is 7.95. The Balaban J connectivity index is 1.69. The molecular formula is C15H30N4O. The van der Waals surface area contributed by atoms with Gasteiger partial charge in [-0.15, -0.1) is 0 Å². The molecule has 2 fully saturated rings. The summed E-state index contributed by atoms with van der Waals surface area (Å²) < 4.78 is 0. The molecule has 2 rings (SSSR count). The number of likely N-dealkylation sites (tertiary alicyclic amines) is 2. The quantitative estimate of drug-likeness (QED) is 0.801. The van der Waals surface area contributed by atoms with Crippen molar-refractivity contribution in [3.05, 3.63) is 0 Å². The van der Waals surface area contributed by atoms with Crippen LogP contribution >= 0.6 is 0 Å². The number of piperidine rings is 2. The zero-order chi connectivity index (χ0) is 14.5. The van der Waals surface area contributed by atoms with E-state index in [1.165, 1.54) is 0 Å². The predicted molar refractivity (Wildman–Crippen MR) is 81.5 cm³/mol. The van der Waals surface area contributed by atoms with Gasteiger partial charge in [0.1, 0.15) is 0 Å². The molecule has 2 heterocycles. The molecule has 2 aliphatic heterocycles. The Kier molecular flexibility index (Phi) is 5.81. The van der Waals surface area contributed by atoms with Crippen LogP contribution < -0.4 is 5.73 Å². The van der Waals surface area contributed by atoms with Crippen molar-refractivity contribution in [2.45, 2.75) is 31.7 Å². The number of carbonyl (C=O) groups excluding carboxylic acids is 1. The van der Waals surface area contributed by atoms with Gasteiger partial charge in [0, 0.05) is 38.8 Å². The molecule has 0 aromatic rings. The minimum atomic E-state index is 0.309. The summed E-state index contributed by atoms with van der Waals surface area (Å²) in [5.41, 5.74) is 5.90. The third-order valence-electron chi connectivity index (χ3n) is 4.58. The van der Waals surface area contributed by atoms with Crippen molar-refractivity contribution in [1.29, 1.82) is 0 Å². The molecule has 0 bridgehead atoms. The van der Waals surface area contributed by atoms with Crippen LogP contribution in [-0.4, -0.2) is 80.0 Å². The van der Waals surface area contributed by atoms with Crippen LogP contribution in [-0.2, 0) is 4.79 Å². The van der Waals surface area contributed by atoms with Gasteiger partial charge in [-0.3, -0.25) is 9.69 Å². The Morgan fingerprint density at radius 2 is 1.70 bits per heavy atom. The normalized spacial score (nSPS) is 23.5. The Bertz CT molecular complexity index is 305. The topological polar surface area (TPSA) is 52.8 Å². The minimum Gasteiger partial charge on any atom is -0.342 e. The summed E-state index contributed by atoms with van der Waals surface area (Å²) in [6.45, 7) is 5.56. The molecule has 1 amide bonds. The maximum atomic E-state index is 12.3. The molecule has 0 unspecified atom stereocenters. The molecule has 2 saturated heterocycles. The third-order valence-corrected chi connectivity index (χ3v) is 4.58. The van der Waals surface area contributed by atoms with Crippen LogP contribution in [0.15, 0.2) is 0 Å². The maximum absolute atomic E-state index is 12.3. The number of hydrogen-bond donors (Lipinski definition) is 1. The molecule has 116 valence electrons. The van der Waals surface area contributed by atoms with E-state index in [2.05, 4.69) is 28.8 Å². The van der Waals surface area contributed by atoms with Crippen LogP contribution in [0.5, 0.6) is 0 Å². The van der Waals surface area contributed by atoms with Crippen LogP contribution in [0, 0.1) is 5.92 Å². The molecule has 0 aromatic heterocycles. The van der Waals surface area contributed by atoms with Gasteiger partial charge in [-0.1, -0.05) is 0 Å². The van der Waals surface area contributed by atoms with E-state index in [1.54, 1.807) is 0 Å². The Labute approximate surface area is 123 Å². The highest BCUT2D eigenvalue weighted by Gasteiger charge is 2.25. The average molecular weight is 282 g/mol. The molecule has 0 aromatic carbocycles. The summed E-state index contributed by atoms with van der Waals surface area (Å²) in [5.74, 6) is 1.06. The van der Waals surface area contributed by atoms with Crippen molar-refractivity contribution in [3.8, 4) is 0 Å². The Morgan fingerprint density at radius 3 is 2.25 bits per heavy atom. The van der Waals surface area contributed by atoms with Gasteiger partial charge in [-0.25, -0.2) is 0 Å². The van der Waals surface area contributed by atoms with E-state index in [9.17, 15) is 4.79 Å². The fraction of sp³-hybridized carbons (Fsp3) is 0.933. The smallest absolute Gasteiger partial charge is 0.236 e. The van der Waals surface area contributed by atoms with Gasteiger partial charge in [0.25, 0.3) is 0 Å². The van der Waals surface area contributed by atoms with Gasteiger partial charge >= 0.3 is 0 Å². The second-order valence-corrected chi connectivity index (χ2v) is 6.70. The van der Waals surface area contributed by atoms with E-state index < -0.39 is 0 Å². The van der Waals surface area contributed by atoms with Crippen molar-refractivity contribution in [2.75, 3.05) is 53.4 Å². The first-order chi connectivity index (χ1) is 9.54. The molecule has 0 saturated carbocycles. The minimum absolute atomic E-state index is 0.309. The second-order valence-electron chi connectivity index (χ2n) is 6.70. The summed E-state index contributed by atoms with van der Waals surface area (Å²) in [7, 11) is 4.25. The van der Waals surface area contributed by atoms with Gasteiger partial charge in [0.2, 0.25) is 5.91 Å². The molecule has 2 N–H and O–H groups in total. The molecule has 2 aliphatic rings. The van der Waals surface area contributed by atoms with E-state index in [0.29, 0.717) is 18.5 Å². The highest BCUT2D eigenvalue weighted by molar-refractivity contribution is 5.78. The molecule has 0 spiro atoms. The molecular weight excluding hydrogens is 252 g/mol. The average Bonchev–Trinajstić information content (AvgIpc) is 2.41. The monoisotopic (exact) mass is 282 g/mol. The lowest BCUT2D eigenvalue weighted by molar-refractivity contribution is -0.134. The van der Waals surface area contributed by atoms with Gasteiger partial charge in [0.15, 0.2) is 0 Å². The van der Waals surface area contributed by atoms with Crippen LogP contribution in [0.1, 0.15) is 25.7 Å². The van der Waals surface area contributed by atoms with Crippen LogP contribution in [0.25, 0.3) is 0 Å². The third kappa shape index (κ3) is 4.72. The van der Waals surface area contributed by atoms with Crippen molar-refractivity contribution in [2.24, 2.45) is 11.7 Å². The van der Waals surface area contributed by atoms with Crippen LogP contribution in [0.2, 0.25) is 0 Å². The van der Waals surface area contributed by atoms with Gasteiger partial charge < -0.3 is 15.5 Å². The highest BCUT2D eigenvalue weighted by atomic mass is 16.2. The molecule has 20 heavy (non-hydrogen) atoms. The molecule has 5 heteroatoms. The summed E-state index contributed by atoms with van der Waals surface area (Å²) in [5, 5.41) is 0. The van der Waals surface area contributed by atoms with E-state index in [1.807, 2.05) is 0 Å². The molecule has 0 aliphatic carbocycles. The molecule has 0 atom stereocenters. The SMILES string of the molecule is CN(C)CC1CCN(C(=O)CN2CCC(N)CC2)CC1. The second kappa shape index (κ2) is 7.38. The van der Waals surface area contributed by atoms with E-state index in [4.69, 9.17) is 5.73 Å². The first kappa shape index (κ1) is 15.7. The summed E-state index contributed by atoms with van der Waals surface area (Å²) in [6, 6.07) is 0.336. The lowest BCUT2D eigenvalue weighted by atomic mass is 9.96. The maximum Gasteiger partial charge on any atom is 0.236 e. The van der Waals surface area contributed by atoms with Gasteiger partial charge in [0.05, 0.1) is 6.54 Å². The van der Waals surface area contributed by atoms with Crippen molar-refractivity contribution in [1.82, 2.24) is 14.7 Å². The van der Waals surface area contributed by atoms with E-state index in [-0.39, 0.29) is 0 Å². The van der Waals surface area contributed by atoms with E-state index >= 15 is 0 Å². The Morgan fingerprint density at radius 1 is 1.10 bits per heavy atom. The number of carbonyl (C=O) groups is 1. The van der Waals surface area contributed by atoms with E-state index in [0.717, 1.165) is 64.3 Å².